The van der Waals surface area contributed by atoms with Crippen molar-refractivity contribution in [2.75, 3.05) is 12.4 Å². The standard InChI is InChI=1S/C22H20N4O2/c1-14-21(15(2)26(25-14)17-7-5-4-6-8-17)24-22(27)20-11-9-16-13-18(28-3)10-12-19(16)23-20/h4-13H,1-3H3,(H,24,27). The maximum Gasteiger partial charge on any atom is 0.274 e. The highest BCUT2D eigenvalue weighted by molar-refractivity contribution is 6.04. The van der Waals surface area contributed by atoms with Crippen molar-refractivity contribution in [3.63, 3.8) is 0 Å². The monoisotopic (exact) mass is 372 g/mol. The molecule has 2 aromatic heterocycles. The zero-order valence-corrected chi connectivity index (χ0v) is 15.9. The van der Waals surface area contributed by atoms with E-state index in [0.29, 0.717) is 11.4 Å². The normalized spacial score (nSPS) is 10.8. The van der Waals surface area contributed by atoms with E-state index in [1.807, 2.05) is 73.1 Å². The van der Waals surface area contributed by atoms with Crippen molar-refractivity contribution in [1.82, 2.24) is 14.8 Å². The van der Waals surface area contributed by atoms with Crippen LogP contribution in [0, 0.1) is 13.8 Å². The van der Waals surface area contributed by atoms with Gasteiger partial charge in [-0.25, -0.2) is 9.67 Å². The van der Waals surface area contributed by atoms with E-state index >= 15 is 0 Å². The first-order valence-electron chi connectivity index (χ1n) is 8.94. The lowest BCUT2D eigenvalue weighted by atomic mass is 10.2. The van der Waals surface area contributed by atoms with E-state index in [0.717, 1.165) is 33.7 Å². The molecular formula is C22H20N4O2. The number of methoxy groups -OCH3 is 1. The lowest BCUT2D eigenvalue weighted by molar-refractivity contribution is 0.102. The van der Waals surface area contributed by atoms with Crippen molar-refractivity contribution in [2.24, 2.45) is 0 Å². The van der Waals surface area contributed by atoms with Crippen LogP contribution in [-0.2, 0) is 0 Å². The molecule has 0 aliphatic rings. The summed E-state index contributed by atoms with van der Waals surface area (Å²) in [5.74, 6) is 0.489. The molecule has 140 valence electrons. The first-order valence-corrected chi connectivity index (χ1v) is 8.94. The van der Waals surface area contributed by atoms with Crippen LogP contribution in [0.1, 0.15) is 21.9 Å². The maximum atomic E-state index is 12.8. The number of hydrogen-bond donors (Lipinski definition) is 1. The number of carbonyl (C=O) groups is 1. The molecule has 0 fully saturated rings. The molecule has 2 heterocycles. The van der Waals surface area contributed by atoms with Gasteiger partial charge in [-0.2, -0.15) is 5.10 Å². The Hall–Kier alpha value is -3.67. The number of rotatable bonds is 4. The zero-order valence-electron chi connectivity index (χ0n) is 15.9. The summed E-state index contributed by atoms with van der Waals surface area (Å²) in [4.78, 5) is 17.3. The zero-order chi connectivity index (χ0) is 19.7. The summed E-state index contributed by atoms with van der Waals surface area (Å²) >= 11 is 0. The van der Waals surface area contributed by atoms with Gasteiger partial charge in [-0.15, -0.1) is 0 Å². The van der Waals surface area contributed by atoms with Gasteiger partial charge in [0.15, 0.2) is 0 Å². The van der Waals surface area contributed by atoms with Gasteiger partial charge in [0.2, 0.25) is 0 Å². The van der Waals surface area contributed by atoms with Crippen molar-refractivity contribution in [3.05, 3.63) is 77.7 Å². The first kappa shape index (κ1) is 17.7. The molecule has 1 amide bonds. The fourth-order valence-corrected chi connectivity index (χ4v) is 3.18. The van der Waals surface area contributed by atoms with E-state index in [9.17, 15) is 4.79 Å². The van der Waals surface area contributed by atoms with Crippen LogP contribution >= 0.6 is 0 Å². The summed E-state index contributed by atoms with van der Waals surface area (Å²) in [5, 5.41) is 8.44. The summed E-state index contributed by atoms with van der Waals surface area (Å²) in [5.41, 5.74) is 4.35. The van der Waals surface area contributed by atoms with Gasteiger partial charge in [0.25, 0.3) is 5.91 Å². The van der Waals surface area contributed by atoms with Crippen LogP contribution in [0.5, 0.6) is 5.75 Å². The fraction of sp³-hybridized carbons (Fsp3) is 0.136. The summed E-state index contributed by atoms with van der Waals surface area (Å²) in [6.45, 7) is 3.81. The highest BCUT2D eigenvalue weighted by Gasteiger charge is 2.17. The van der Waals surface area contributed by atoms with Gasteiger partial charge in [0.05, 0.1) is 35.4 Å². The van der Waals surface area contributed by atoms with Gasteiger partial charge in [-0.05, 0) is 50.2 Å². The fourth-order valence-electron chi connectivity index (χ4n) is 3.18. The quantitative estimate of drug-likeness (QED) is 0.580. The van der Waals surface area contributed by atoms with E-state index < -0.39 is 0 Å². The highest BCUT2D eigenvalue weighted by atomic mass is 16.5. The average molecular weight is 372 g/mol. The summed E-state index contributed by atoms with van der Waals surface area (Å²) < 4.78 is 7.05. The smallest absolute Gasteiger partial charge is 0.274 e. The third-order valence-corrected chi connectivity index (χ3v) is 4.66. The van der Waals surface area contributed by atoms with Crippen LogP contribution in [-0.4, -0.2) is 27.8 Å². The average Bonchev–Trinajstić information content (AvgIpc) is 3.01. The molecule has 0 aliphatic carbocycles. The molecule has 0 atom stereocenters. The Morgan fingerprint density at radius 2 is 1.82 bits per heavy atom. The molecule has 4 aromatic rings. The number of carbonyl (C=O) groups excluding carboxylic acids is 1. The Bertz CT molecular complexity index is 1170. The van der Waals surface area contributed by atoms with Gasteiger partial charge in [-0.3, -0.25) is 4.79 Å². The lowest BCUT2D eigenvalue weighted by Gasteiger charge is -2.08. The van der Waals surface area contributed by atoms with Crippen molar-refractivity contribution in [3.8, 4) is 11.4 Å². The highest BCUT2D eigenvalue weighted by Crippen LogP contribution is 2.24. The minimum absolute atomic E-state index is 0.267. The van der Waals surface area contributed by atoms with Crippen molar-refractivity contribution in [1.29, 1.82) is 0 Å². The number of fused-ring (bicyclic) bond motifs is 1. The second-order valence-corrected chi connectivity index (χ2v) is 6.50. The number of pyridine rings is 1. The number of aromatic nitrogens is 3. The Morgan fingerprint density at radius 1 is 1.04 bits per heavy atom. The second-order valence-electron chi connectivity index (χ2n) is 6.50. The Balaban J connectivity index is 1.64. The maximum absolute atomic E-state index is 12.8. The Morgan fingerprint density at radius 3 is 2.57 bits per heavy atom. The number of ether oxygens (including phenoxy) is 1. The minimum atomic E-state index is -0.267. The number of nitrogens with zero attached hydrogens (tertiary/aromatic N) is 3. The molecule has 28 heavy (non-hydrogen) atoms. The third kappa shape index (κ3) is 3.20. The predicted octanol–water partition coefficient (Wildman–Crippen LogP) is 4.30. The summed E-state index contributed by atoms with van der Waals surface area (Å²) in [6, 6.07) is 19.0. The minimum Gasteiger partial charge on any atom is -0.497 e. The van der Waals surface area contributed by atoms with Gasteiger partial charge in [-0.1, -0.05) is 24.3 Å². The Kier molecular flexibility index (Phi) is 4.53. The summed E-state index contributed by atoms with van der Waals surface area (Å²) in [7, 11) is 1.62. The van der Waals surface area contributed by atoms with Crippen LogP contribution in [0.3, 0.4) is 0 Å². The van der Waals surface area contributed by atoms with Crippen LogP contribution < -0.4 is 10.1 Å². The van der Waals surface area contributed by atoms with Gasteiger partial charge < -0.3 is 10.1 Å². The van der Waals surface area contributed by atoms with E-state index in [4.69, 9.17) is 4.74 Å². The molecule has 0 radical (unpaired) electrons. The van der Waals surface area contributed by atoms with E-state index in [1.165, 1.54) is 0 Å². The second kappa shape index (κ2) is 7.15. The molecule has 0 saturated heterocycles. The SMILES string of the molecule is COc1ccc2nc(C(=O)Nc3c(C)nn(-c4ccccc4)c3C)ccc2c1. The molecule has 2 aromatic carbocycles. The first-order chi connectivity index (χ1) is 13.6. The van der Waals surface area contributed by atoms with Crippen molar-refractivity contribution >= 4 is 22.5 Å². The van der Waals surface area contributed by atoms with Crippen LogP contribution in [0.4, 0.5) is 5.69 Å². The number of benzene rings is 2. The Labute approximate surface area is 162 Å². The van der Waals surface area contributed by atoms with Gasteiger partial charge >= 0.3 is 0 Å². The molecule has 1 N–H and O–H groups in total. The predicted molar refractivity (Wildman–Crippen MR) is 109 cm³/mol. The molecule has 6 nitrogen and oxygen atoms in total. The largest absolute Gasteiger partial charge is 0.497 e. The van der Waals surface area contributed by atoms with Crippen LogP contribution in [0.15, 0.2) is 60.7 Å². The molecule has 0 spiro atoms. The van der Waals surface area contributed by atoms with E-state index in [2.05, 4.69) is 15.4 Å². The molecule has 0 bridgehead atoms. The molecule has 4 rings (SSSR count). The van der Waals surface area contributed by atoms with Crippen molar-refractivity contribution in [2.45, 2.75) is 13.8 Å². The van der Waals surface area contributed by atoms with Crippen molar-refractivity contribution < 1.29 is 9.53 Å². The van der Waals surface area contributed by atoms with Gasteiger partial charge in [0, 0.05) is 5.39 Å². The van der Waals surface area contributed by atoms with E-state index in [-0.39, 0.29) is 5.91 Å². The molecular weight excluding hydrogens is 352 g/mol. The lowest BCUT2D eigenvalue weighted by Crippen LogP contribution is -2.14. The number of nitrogens with one attached hydrogen (secondary N) is 1. The van der Waals surface area contributed by atoms with E-state index in [1.54, 1.807) is 13.2 Å². The molecule has 0 unspecified atom stereocenters. The number of anilines is 1. The van der Waals surface area contributed by atoms with Crippen LogP contribution in [0.25, 0.3) is 16.6 Å². The molecule has 0 saturated carbocycles. The van der Waals surface area contributed by atoms with Crippen LogP contribution in [0.2, 0.25) is 0 Å². The molecule has 0 aliphatic heterocycles. The number of amides is 1. The van der Waals surface area contributed by atoms with Gasteiger partial charge in [0.1, 0.15) is 11.4 Å². The summed E-state index contributed by atoms with van der Waals surface area (Å²) in [6.07, 6.45) is 0. The number of aryl methyl sites for hydroxylation is 1. The number of hydrogen-bond acceptors (Lipinski definition) is 4. The topological polar surface area (TPSA) is 69.0 Å². The number of para-hydroxylation sites is 1. The molecule has 6 heteroatoms. The third-order valence-electron chi connectivity index (χ3n) is 4.66.